The van der Waals surface area contributed by atoms with Gasteiger partial charge in [0.15, 0.2) is 5.82 Å². The second-order valence-electron chi connectivity index (χ2n) is 8.20. The normalized spacial score (nSPS) is 24.6. The van der Waals surface area contributed by atoms with Crippen molar-refractivity contribution in [1.29, 1.82) is 0 Å². The molecule has 0 bridgehead atoms. The molecular formula is C20H25FN4O. The molecule has 1 unspecified atom stereocenters. The average Bonchev–Trinajstić information content (AvgIpc) is 3.24. The molecule has 0 radical (unpaired) electrons. The van der Waals surface area contributed by atoms with Crippen LogP contribution >= 0.6 is 0 Å². The second-order valence-corrected chi connectivity index (χ2v) is 8.20. The van der Waals surface area contributed by atoms with E-state index < -0.39 is 0 Å². The van der Waals surface area contributed by atoms with Crippen molar-refractivity contribution in [3.63, 3.8) is 0 Å². The predicted octanol–water partition coefficient (Wildman–Crippen LogP) is 3.22. The van der Waals surface area contributed by atoms with Crippen LogP contribution < -0.4 is 4.90 Å². The molecule has 0 aliphatic carbocycles. The average molecular weight is 356 g/mol. The van der Waals surface area contributed by atoms with Crippen LogP contribution in [0.4, 0.5) is 10.1 Å². The highest BCUT2D eigenvalue weighted by atomic mass is 19.1. The fourth-order valence-corrected chi connectivity index (χ4v) is 4.85. The first-order valence-electron chi connectivity index (χ1n) is 9.15. The van der Waals surface area contributed by atoms with Gasteiger partial charge in [-0.1, -0.05) is 6.07 Å². The Morgan fingerprint density at radius 1 is 1.31 bits per heavy atom. The van der Waals surface area contributed by atoms with Gasteiger partial charge in [-0.3, -0.25) is 4.79 Å². The Morgan fingerprint density at radius 3 is 2.81 bits per heavy atom. The van der Waals surface area contributed by atoms with Crippen LogP contribution in [0.1, 0.15) is 43.7 Å². The summed E-state index contributed by atoms with van der Waals surface area (Å²) in [4.78, 5) is 21.7. The maximum atomic E-state index is 13.8. The first-order valence-corrected chi connectivity index (χ1v) is 9.15. The van der Waals surface area contributed by atoms with E-state index in [9.17, 15) is 9.18 Å². The van der Waals surface area contributed by atoms with E-state index in [1.807, 2.05) is 18.0 Å². The smallest absolute Gasteiger partial charge is 0.290 e. The van der Waals surface area contributed by atoms with E-state index >= 15 is 0 Å². The van der Waals surface area contributed by atoms with Gasteiger partial charge in [-0.2, -0.15) is 0 Å². The maximum Gasteiger partial charge on any atom is 0.290 e. The van der Waals surface area contributed by atoms with Crippen molar-refractivity contribution in [3.05, 3.63) is 48.3 Å². The highest BCUT2D eigenvalue weighted by Crippen LogP contribution is 2.47. The molecule has 2 aliphatic rings. The van der Waals surface area contributed by atoms with E-state index in [4.69, 9.17) is 0 Å². The Balaban J connectivity index is 1.68. The van der Waals surface area contributed by atoms with Crippen molar-refractivity contribution >= 4 is 11.6 Å². The summed E-state index contributed by atoms with van der Waals surface area (Å²) in [6, 6.07) is 6.75. The largest absolute Gasteiger partial charge is 0.364 e. The van der Waals surface area contributed by atoms with E-state index in [0.29, 0.717) is 5.82 Å². The van der Waals surface area contributed by atoms with Crippen molar-refractivity contribution in [2.24, 2.45) is 7.05 Å². The van der Waals surface area contributed by atoms with Crippen LogP contribution in [0.5, 0.6) is 0 Å². The Hall–Kier alpha value is -2.37. The molecule has 2 aliphatic heterocycles. The minimum Gasteiger partial charge on any atom is -0.364 e. The number of hydrogen-bond acceptors (Lipinski definition) is 3. The number of amides is 1. The third-order valence-corrected chi connectivity index (χ3v) is 5.92. The van der Waals surface area contributed by atoms with Gasteiger partial charge in [-0.25, -0.2) is 9.37 Å². The lowest BCUT2D eigenvalue weighted by Gasteiger charge is -2.35. The molecule has 1 aromatic carbocycles. The molecule has 6 heteroatoms. The lowest BCUT2D eigenvalue weighted by Crippen LogP contribution is -2.49. The van der Waals surface area contributed by atoms with E-state index in [1.165, 1.54) is 6.07 Å². The third-order valence-electron chi connectivity index (χ3n) is 5.92. The fraction of sp³-hybridized carbons (Fsp3) is 0.500. The number of aromatic nitrogens is 2. The van der Waals surface area contributed by atoms with Crippen molar-refractivity contribution in [3.8, 4) is 0 Å². The van der Waals surface area contributed by atoms with Gasteiger partial charge in [0.25, 0.3) is 5.91 Å². The van der Waals surface area contributed by atoms with Gasteiger partial charge in [-0.05, 0) is 51.3 Å². The number of benzene rings is 1. The molecule has 1 spiro atoms. The van der Waals surface area contributed by atoms with Gasteiger partial charge in [0.05, 0.1) is 5.54 Å². The first kappa shape index (κ1) is 17.1. The number of rotatable bonds is 2. The van der Waals surface area contributed by atoms with Gasteiger partial charge < -0.3 is 14.4 Å². The molecule has 2 fully saturated rings. The molecule has 26 heavy (non-hydrogen) atoms. The molecule has 1 amide bonds. The van der Waals surface area contributed by atoms with Gasteiger partial charge in [0, 0.05) is 43.8 Å². The van der Waals surface area contributed by atoms with Crippen molar-refractivity contribution in [1.82, 2.24) is 14.5 Å². The van der Waals surface area contributed by atoms with Crippen LogP contribution in [0.15, 0.2) is 36.7 Å². The van der Waals surface area contributed by atoms with Gasteiger partial charge >= 0.3 is 0 Å². The summed E-state index contributed by atoms with van der Waals surface area (Å²) in [7, 11) is 1.85. The quantitative estimate of drug-likeness (QED) is 0.830. The monoisotopic (exact) mass is 356 g/mol. The Morgan fingerprint density at radius 2 is 2.12 bits per heavy atom. The second kappa shape index (κ2) is 5.83. The number of carbonyl (C=O) groups excluding carboxylic acids is 1. The molecule has 2 saturated heterocycles. The number of likely N-dealkylation sites (tertiary alicyclic amines) is 1. The SMILES string of the molecule is Cn1ccnc1C(=O)N1CCCC12CN(c1cccc(F)c1)C(C)(C)C2. The van der Waals surface area contributed by atoms with E-state index in [-0.39, 0.29) is 22.8 Å². The minimum atomic E-state index is -0.230. The van der Waals surface area contributed by atoms with Crippen LogP contribution in [0.3, 0.4) is 0 Å². The van der Waals surface area contributed by atoms with Crippen LogP contribution in [-0.2, 0) is 7.05 Å². The molecule has 138 valence electrons. The van der Waals surface area contributed by atoms with Crippen LogP contribution in [0.25, 0.3) is 0 Å². The standard InChI is InChI=1S/C20H25FN4O/c1-19(2)13-20(14-25(19)16-7-4-6-15(21)12-16)8-5-10-24(20)18(26)17-22-9-11-23(17)3/h4,6-7,9,11-12H,5,8,10,13-14H2,1-3H3. The van der Waals surface area contributed by atoms with Crippen LogP contribution in [0, 0.1) is 5.82 Å². The highest BCUT2D eigenvalue weighted by molar-refractivity contribution is 5.91. The van der Waals surface area contributed by atoms with E-state index in [2.05, 4.69) is 23.7 Å². The molecule has 3 heterocycles. The third kappa shape index (κ3) is 2.59. The van der Waals surface area contributed by atoms with Crippen molar-refractivity contribution < 1.29 is 9.18 Å². The van der Waals surface area contributed by atoms with Crippen LogP contribution in [-0.4, -0.2) is 44.5 Å². The predicted molar refractivity (Wildman–Crippen MR) is 98.7 cm³/mol. The first-order chi connectivity index (χ1) is 12.3. The zero-order chi connectivity index (χ0) is 18.5. The molecule has 1 aromatic heterocycles. The minimum absolute atomic E-state index is 0.00751. The zero-order valence-corrected chi connectivity index (χ0v) is 15.6. The highest BCUT2D eigenvalue weighted by Gasteiger charge is 2.55. The number of halogens is 1. The summed E-state index contributed by atoms with van der Waals surface area (Å²) in [5.41, 5.74) is 0.500. The zero-order valence-electron chi connectivity index (χ0n) is 15.6. The molecule has 1 atom stereocenters. The molecule has 0 N–H and O–H groups in total. The lowest BCUT2D eigenvalue weighted by atomic mass is 9.87. The summed E-state index contributed by atoms with van der Waals surface area (Å²) in [5, 5.41) is 0. The van der Waals surface area contributed by atoms with Gasteiger partial charge in [0.2, 0.25) is 0 Å². The summed E-state index contributed by atoms with van der Waals surface area (Å²) < 4.78 is 15.6. The van der Waals surface area contributed by atoms with Crippen molar-refractivity contribution in [2.75, 3.05) is 18.0 Å². The molecule has 0 saturated carbocycles. The van der Waals surface area contributed by atoms with Gasteiger partial charge in [-0.15, -0.1) is 0 Å². The topological polar surface area (TPSA) is 41.4 Å². The summed E-state index contributed by atoms with van der Waals surface area (Å²) in [6.07, 6.45) is 6.29. The number of aryl methyl sites for hydroxylation is 1. The summed E-state index contributed by atoms with van der Waals surface area (Å²) in [5.74, 6) is 0.242. The summed E-state index contributed by atoms with van der Waals surface area (Å²) >= 11 is 0. The Kier molecular flexibility index (Phi) is 3.82. The number of carbonyl (C=O) groups is 1. The molecule has 5 nitrogen and oxygen atoms in total. The maximum absolute atomic E-state index is 13.8. The lowest BCUT2D eigenvalue weighted by molar-refractivity contribution is 0.0601. The summed E-state index contributed by atoms with van der Waals surface area (Å²) in [6.45, 7) is 5.82. The van der Waals surface area contributed by atoms with E-state index in [1.54, 1.807) is 29.1 Å². The van der Waals surface area contributed by atoms with Crippen LogP contribution in [0.2, 0.25) is 0 Å². The van der Waals surface area contributed by atoms with Gasteiger partial charge in [0.1, 0.15) is 5.82 Å². The Bertz CT molecular complexity index is 846. The fourth-order valence-electron chi connectivity index (χ4n) is 4.85. The van der Waals surface area contributed by atoms with Crippen molar-refractivity contribution in [2.45, 2.75) is 44.2 Å². The molecular weight excluding hydrogens is 331 g/mol. The molecule has 4 rings (SSSR count). The number of anilines is 1. The Labute approximate surface area is 153 Å². The number of hydrogen-bond donors (Lipinski definition) is 0. The molecule has 2 aromatic rings. The number of imidazole rings is 1. The van der Waals surface area contributed by atoms with E-state index in [0.717, 1.165) is 38.0 Å². The number of nitrogens with zero attached hydrogens (tertiary/aromatic N) is 4.